The Morgan fingerprint density at radius 1 is 1.23 bits per heavy atom. The first-order chi connectivity index (χ1) is 10.5. The molecule has 22 heavy (non-hydrogen) atoms. The molecule has 0 bridgehead atoms. The maximum absolute atomic E-state index is 12.0. The minimum absolute atomic E-state index is 0.0907. The number of sulfonamides is 1. The molecule has 1 aromatic carbocycles. The first-order valence-electron chi connectivity index (χ1n) is 7.20. The Kier molecular flexibility index (Phi) is 5.51. The van der Waals surface area contributed by atoms with E-state index in [-0.39, 0.29) is 16.8 Å². The highest BCUT2D eigenvalue weighted by atomic mass is 32.2. The van der Waals surface area contributed by atoms with Gasteiger partial charge in [0.05, 0.1) is 4.90 Å². The number of hydrogen-bond acceptors (Lipinski definition) is 3. The summed E-state index contributed by atoms with van der Waals surface area (Å²) in [6.07, 6.45) is 8.52. The molecule has 1 amide bonds. The van der Waals surface area contributed by atoms with Gasteiger partial charge in [0.15, 0.2) is 0 Å². The molecule has 1 fully saturated rings. The summed E-state index contributed by atoms with van der Waals surface area (Å²) in [5, 5.41) is 2.73. The highest BCUT2D eigenvalue weighted by molar-refractivity contribution is 7.89. The van der Waals surface area contributed by atoms with Crippen LogP contribution in [0.2, 0.25) is 0 Å². The average Bonchev–Trinajstić information content (AvgIpc) is 3.29. The zero-order valence-corrected chi connectivity index (χ0v) is 13.3. The third kappa shape index (κ3) is 5.13. The summed E-state index contributed by atoms with van der Waals surface area (Å²) in [7, 11) is -3.42. The Morgan fingerprint density at radius 2 is 1.91 bits per heavy atom. The van der Waals surface area contributed by atoms with E-state index in [4.69, 9.17) is 0 Å². The van der Waals surface area contributed by atoms with Crippen molar-refractivity contribution in [2.45, 2.75) is 37.2 Å². The normalized spacial score (nSPS) is 15.5. The fourth-order valence-electron chi connectivity index (χ4n) is 1.78. The second kappa shape index (κ2) is 7.38. The van der Waals surface area contributed by atoms with Gasteiger partial charge in [-0.2, -0.15) is 0 Å². The van der Waals surface area contributed by atoms with Crippen LogP contribution < -0.4 is 10.0 Å². The molecule has 0 heterocycles. The second-order valence-electron chi connectivity index (χ2n) is 5.14. The molecule has 0 radical (unpaired) electrons. The lowest BCUT2D eigenvalue weighted by Gasteiger charge is -2.07. The molecule has 1 aliphatic carbocycles. The van der Waals surface area contributed by atoms with E-state index in [0.29, 0.717) is 6.54 Å². The Morgan fingerprint density at radius 3 is 2.50 bits per heavy atom. The molecular weight excluding hydrogens is 300 g/mol. The molecule has 6 heteroatoms. The van der Waals surface area contributed by atoms with Crippen LogP contribution in [-0.2, 0) is 21.4 Å². The Bertz CT molecular complexity index is 672. The van der Waals surface area contributed by atoms with E-state index in [9.17, 15) is 13.2 Å². The third-order valence-corrected chi connectivity index (χ3v) is 4.69. The summed E-state index contributed by atoms with van der Waals surface area (Å²) in [4.78, 5) is 11.8. The van der Waals surface area contributed by atoms with Gasteiger partial charge in [-0.1, -0.05) is 30.4 Å². The van der Waals surface area contributed by atoms with Gasteiger partial charge in [0.1, 0.15) is 0 Å². The smallest absolute Gasteiger partial charge is 0.244 e. The summed E-state index contributed by atoms with van der Waals surface area (Å²) in [6, 6.07) is 6.62. The van der Waals surface area contributed by atoms with Crippen molar-refractivity contribution in [2.75, 3.05) is 0 Å². The van der Waals surface area contributed by atoms with E-state index in [0.717, 1.165) is 18.4 Å². The van der Waals surface area contributed by atoms with Crippen molar-refractivity contribution < 1.29 is 13.2 Å². The number of hydrogen-bond donors (Lipinski definition) is 2. The van der Waals surface area contributed by atoms with Gasteiger partial charge in [0, 0.05) is 18.7 Å². The van der Waals surface area contributed by atoms with Gasteiger partial charge in [-0.05, 0) is 37.5 Å². The lowest BCUT2D eigenvalue weighted by atomic mass is 10.2. The lowest BCUT2D eigenvalue weighted by Crippen LogP contribution is -2.25. The molecule has 0 aliphatic heterocycles. The van der Waals surface area contributed by atoms with Gasteiger partial charge in [0.25, 0.3) is 0 Å². The van der Waals surface area contributed by atoms with E-state index in [1.165, 1.54) is 6.08 Å². The zero-order chi connectivity index (χ0) is 16.0. The highest BCUT2D eigenvalue weighted by Crippen LogP contribution is 2.22. The van der Waals surface area contributed by atoms with Crippen LogP contribution in [0, 0.1) is 0 Å². The van der Waals surface area contributed by atoms with Crippen molar-refractivity contribution in [3.8, 4) is 0 Å². The SMILES string of the molecule is C/C=C/C=C/C(=O)NCc1ccc(S(=O)(=O)NC2CC2)cc1. The molecule has 0 saturated heterocycles. The molecule has 0 unspecified atom stereocenters. The molecule has 2 N–H and O–H groups in total. The van der Waals surface area contributed by atoms with Crippen LogP contribution in [0.5, 0.6) is 0 Å². The van der Waals surface area contributed by atoms with Crippen LogP contribution in [0.15, 0.2) is 53.5 Å². The molecule has 1 saturated carbocycles. The van der Waals surface area contributed by atoms with Crippen molar-refractivity contribution in [3.05, 3.63) is 54.1 Å². The van der Waals surface area contributed by atoms with E-state index in [1.807, 2.05) is 13.0 Å². The third-order valence-electron chi connectivity index (χ3n) is 3.15. The van der Waals surface area contributed by atoms with Gasteiger partial charge in [-0.25, -0.2) is 13.1 Å². The van der Waals surface area contributed by atoms with Crippen LogP contribution in [0.1, 0.15) is 25.3 Å². The zero-order valence-electron chi connectivity index (χ0n) is 12.5. The van der Waals surface area contributed by atoms with Gasteiger partial charge in [-0.3, -0.25) is 4.79 Å². The Balaban J connectivity index is 1.90. The number of allylic oxidation sites excluding steroid dienone is 3. The van der Waals surface area contributed by atoms with E-state index < -0.39 is 10.0 Å². The molecule has 0 spiro atoms. The van der Waals surface area contributed by atoms with Crippen molar-refractivity contribution in [3.63, 3.8) is 0 Å². The van der Waals surface area contributed by atoms with Gasteiger partial charge in [0.2, 0.25) is 15.9 Å². The minimum Gasteiger partial charge on any atom is -0.348 e. The maximum Gasteiger partial charge on any atom is 0.244 e. The highest BCUT2D eigenvalue weighted by Gasteiger charge is 2.27. The van der Waals surface area contributed by atoms with Crippen LogP contribution in [0.4, 0.5) is 0 Å². The van der Waals surface area contributed by atoms with Crippen molar-refractivity contribution >= 4 is 15.9 Å². The summed E-state index contributed by atoms with van der Waals surface area (Å²) in [5.41, 5.74) is 0.846. The molecular formula is C16H20N2O3S. The number of benzene rings is 1. The van der Waals surface area contributed by atoms with Crippen molar-refractivity contribution in [2.24, 2.45) is 0 Å². The molecule has 0 aromatic heterocycles. The Labute approximate surface area is 131 Å². The lowest BCUT2D eigenvalue weighted by molar-refractivity contribution is -0.116. The monoisotopic (exact) mass is 320 g/mol. The molecule has 5 nitrogen and oxygen atoms in total. The van der Waals surface area contributed by atoms with Gasteiger partial charge < -0.3 is 5.32 Å². The number of carbonyl (C=O) groups is 1. The molecule has 1 aliphatic rings. The van der Waals surface area contributed by atoms with E-state index in [2.05, 4.69) is 10.0 Å². The van der Waals surface area contributed by atoms with Crippen LogP contribution >= 0.6 is 0 Å². The van der Waals surface area contributed by atoms with Crippen LogP contribution in [0.3, 0.4) is 0 Å². The van der Waals surface area contributed by atoms with Crippen molar-refractivity contribution in [1.82, 2.24) is 10.0 Å². The molecule has 2 rings (SSSR count). The summed E-state index contributed by atoms with van der Waals surface area (Å²) < 4.78 is 26.7. The number of nitrogens with one attached hydrogen (secondary N) is 2. The first-order valence-corrected chi connectivity index (χ1v) is 8.68. The minimum atomic E-state index is -3.42. The molecule has 118 valence electrons. The van der Waals surface area contributed by atoms with Crippen molar-refractivity contribution in [1.29, 1.82) is 0 Å². The number of rotatable bonds is 7. The largest absolute Gasteiger partial charge is 0.348 e. The van der Waals surface area contributed by atoms with Crippen LogP contribution in [0.25, 0.3) is 0 Å². The molecule has 0 atom stereocenters. The predicted octanol–water partition coefficient (Wildman–Crippen LogP) is 1.88. The Hall–Kier alpha value is -1.92. The predicted molar refractivity (Wildman–Crippen MR) is 85.6 cm³/mol. The van der Waals surface area contributed by atoms with Gasteiger partial charge in [-0.15, -0.1) is 0 Å². The number of carbonyl (C=O) groups excluding carboxylic acids is 1. The summed E-state index contributed by atoms with van der Waals surface area (Å²) >= 11 is 0. The standard InChI is InChI=1S/C16H20N2O3S/c1-2-3-4-5-16(19)17-12-13-6-10-15(11-7-13)22(20,21)18-14-8-9-14/h2-7,10-11,14,18H,8-9,12H2,1H3,(H,17,19)/b3-2+,5-4+. The van der Waals surface area contributed by atoms with E-state index >= 15 is 0 Å². The second-order valence-corrected chi connectivity index (χ2v) is 6.86. The fraction of sp³-hybridized carbons (Fsp3) is 0.312. The average molecular weight is 320 g/mol. The van der Waals surface area contributed by atoms with E-state index in [1.54, 1.807) is 36.4 Å². The summed E-state index contributed by atoms with van der Waals surface area (Å²) in [5.74, 6) is -0.190. The summed E-state index contributed by atoms with van der Waals surface area (Å²) in [6.45, 7) is 2.23. The topological polar surface area (TPSA) is 75.3 Å². The number of amides is 1. The fourth-order valence-corrected chi connectivity index (χ4v) is 3.08. The quantitative estimate of drug-likeness (QED) is 0.595. The van der Waals surface area contributed by atoms with Crippen LogP contribution in [-0.4, -0.2) is 20.4 Å². The molecule has 1 aromatic rings. The first kappa shape index (κ1) is 16.5. The van der Waals surface area contributed by atoms with Gasteiger partial charge >= 0.3 is 0 Å². The maximum atomic E-state index is 12.0.